The standard InChI is InChI=1S/C14H19N3O2/c1-10-14(9-16-17(10)2)15-8-11-5-12(18-3)7-13(6-11)19-4/h5-7,9,15H,8H2,1-4H3. The molecule has 0 bridgehead atoms. The molecule has 0 saturated carbocycles. The van der Waals surface area contributed by atoms with E-state index in [1.807, 2.05) is 43.0 Å². The molecule has 1 aromatic heterocycles. The molecule has 19 heavy (non-hydrogen) atoms. The minimum Gasteiger partial charge on any atom is -0.497 e. The van der Waals surface area contributed by atoms with Gasteiger partial charge in [0.15, 0.2) is 0 Å². The number of nitrogens with one attached hydrogen (secondary N) is 1. The molecule has 0 unspecified atom stereocenters. The number of anilines is 1. The zero-order valence-electron chi connectivity index (χ0n) is 11.7. The topological polar surface area (TPSA) is 48.3 Å². The van der Waals surface area contributed by atoms with Crippen molar-refractivity contribution in [3.05, 3.63) is 35.7 Å². The maximum atomic E-state index is 5.25. The van der Waals surface area contributed by atoms with E-state index < -0.39 is 0 Å². The Kier molecular flexibility index (Phi) is 3.94. The van der Waals surface area contributed by atoms with Gasteiger partial charge in [0.25, 0.3) is 0 Å². The lowest BCUT2D eigenvalue weighted by Crippen LogP contribution is -2.02. The number of benzene rings is 1. The zero-order valence-corrected chi connectivity index (χ0v) is 11.7. The molecular formula is C14H19N3O2. The minimum absolute atomic E-state index is 0.695. The fourth-order valence-corrected chi connectivity index (χ4v) is 1.84. The van der Waals surface area contributed by atoms with E-state index in [-0.39, 0.29) is 0 Å². The third-order valence-corrected chi connectivity index (χ3v) is 3.13. The van der Waals surface area contributed by atoms with E-state index in [0.29, 0.717) is 6.54 Å². The predicted molar refractivity (Wildman–Crippen MR) is 74.8 cm³/mol. The normalized spacial score (nSPS) is 10.3. The van der Waals surface area contributed by atoms with Crippen molar-refractivity contribution in [1.29, 1.82) is 0 Å². The summed E-state index contributed by atoms with van der Waals surface area (Å²) < 4.78 is 12.3. The number of aryl methyl sites for hydroxylation is 1. The smallest absolute Gasteiger partial charge is 0.122 e. The first kappa shape index (κ1) is 13.3. The van der Waals surface area contributed by atoms with Crippen LogP contribution in [0.2, 0.25) is 0 Å². The zero-order chi connectivity index (χ0) is 13.8. The van der Waals surface area contributed by atoms with E-state index in [9.17, 15) is 0 Å². The maximum Gasteiger partial charge on any atom is 0.122 e. The van der Waals surface area contributed by atoms with Crippen molar-refractivity contribution in [1.82, 2.24) is 9.78 Å². The molecule has 0 fully saturated rings. The Hall–Kier alpha value is -2.17. The quantitative estimate of drug-likeness (QED) is 0.897. The lowest BCUT2D eigenvalue weighted by Gasteiger charge is -2.10. The number of hydrogen-bond acceptors (Lipinski definition) is 4. The molecule has 0 atom stereocenters. The van der Waals surface area contributed by atoms with Crippen LogP contribution in [-0.4, -0.2) is 24.0 Å². The monoisotopic (exact) mass is 261 g/mol. The molecule has 0 saturated heterocycles. The van der Waals surface area contributed by atoms with Crippen LogP contribution < -0.4 is 14.8 Å². The largest absolute Gasteiger partial charge is 0.497 e. The van der Waals surface area contributed by atoms with Crippen LogP contribution in [0, 0.1) is 6.92 Å². The summed E-state index contributed by atoms with van der Waals surface area (Å²) >= 11 is 0. The highest BCUT2D eigenvalue weighted by molar-refractivity contribution is 5.47. The number of rotatable bonds is 5. The molecule has 0 radical (unpaired) electrons. The Morgan fingerprint density at radius 2 is 1.79 bits per heavy atom. The van der Waals surface area contributed by atoms with Crippen LogP contribution in [0.5, 0.6) is 11.5 Å². The van der Waals surface area contributed by atoms with Crippen LogP contribution in [0.25, 0.3) is 0 Å². The van der Waals surface area contributed by atoms with Crippen LogP contribution >= 0.6 is 0 Å². The summed E-state index contributed by atoms with van der Waals surface area (Å²) in [6, 6.07) is 5.83. The molecule has 0 aliphatic rings. The highest BCUT2D eigenvalue weighted by Crippen LogP contribution is 2.23. The minimum atomic E-state index is 0.695. The summed E-state index contributed by atoms with van der Waals surface area (Å²) in [7, 11) is 5.23. The van der Waals surface area contributed by atoms with Crippen molar-refractivity contribution in [2.24, 2.45) is 7.05 Å². The van der Waals surface area contributed by atoms with E-state index in [0.717, 1.165) is 28.4 Å². The first-order valence-corrected chi connectivity index (χ1v) is 6.08. The molecule has 102 valence electrons. The van der Waals surface area contributed by atoms with Crippen molar-refractivity contribution in [3.8, 4) is 11.5 Å². The molecule has 0 aliphatic carbocycles. The van der Waals surface area contributed by atoms with E-state index in [4.69, 9.17) is 9.47 Å². The molecule has 0 aliphatic heterocycles. The summed E-state index contributed by atoms with van der Waals surface area (Å²) in [4.78, 5) is 0. The number of ether oxygens (including phenoxy) is 2. The van der Waals surface area contributed by atoms with Gasteiger partial charge in [0.2, 0.25) is 0 Å². The first-order valence-electron chi connectivity index (χ1n) is 6.08. The summed E-state index contributed by atoms with van der Waals surface area (Å²) in [6.07, 6.45) is 1.83. The highest BCUT2D eigenvalue weighted by atomic mass is 16.5. The van der Waals surface area contributed by atoms with Crippen molar-refractivity contribution in [2.45, 2.75) is 13.5 Å². The second-order valence-corrected chi connectivity index (χ2v) is 4.34. The fourth-order valence-electron chi connectivity index (χ4n) is 1.84. The average Bonchev–Trinajstić information content (AvgIpc) is 2.76. The lowest BCUT2D eigenvalue weighted by molar-refractivity contribution is 0.393. The average molecular weight is 261 g/mol. The number of aromatic nitrogens is 2. The van der Waals surface area contributed by atoms with Crippen LogP contribution in [0.15, 0.2) is 24.4 Å². The number of hydrogen-bond donors (Lipinski definition) is 1. The summed E-state index contributed by atoms with van der Waals surface area (Å²) in [5, 5.41) is 7.56. The Morgan fingerprint density at radius 1 is 1.16 bits per heavy atom. The molecule has 5 heteroatoms. The Bertz CT molecular complexity index is 542. The second-order valence-electron chi connectivity index (χ2n) is 4.34. The van der Waals surface area contributed by atoms with Crippen LogP contribution in [-0.2, 0) is 13.6 Å². The molecule has 5 nitrogen and oxygen atoms in total. The van der Waals surface area contributed by atoms with E-state index in [2.05, 4.69) is 10.4 Å². The van der Waals surface area contributed by atoms with Gasteiger partial charge < -0.3 is 14.8 Å². The van der Waals surface area contributed by atoms with Crippen molar-refractivity contribution in [3.63, 3.8) is 0 Å². The number of methoxy groups -OCH3 is 2. The summed E-state index contributed by atoms with van der Waals surface area (Å²) in [5.74, 6) is 1.58. The van der Waals surface area contributed by atoms with Gasteiger partial charge in [0, 0.05) is 19.7 Å². The predicted octanol–water partition coefficient (Wildman–Crippen LogP) is 2.36. The third-order valence-electron chi connectivity index (χ3n) is 3.13. The Morgan fingerprint density at radius 3 is 2.26 bits per heavy atom. The van der Waals surface area contributed by atoms with Gasteiger partial charge in [-0.05, 0) is 24.6 Å². The summed E-state index contributed by atoms with van der Waals surface area (Å²) in [6.45, 7) is 2.72. The van der Waals surface area contributed by atoms with E-state index >= 15 is 0 Å². The van der Waals surface area contributed by atoms with Crippen molar-refractivity contribution < 1.29 is 9.47 Å². The number of nitrogens with zero attached hydrogens (tertiary/aromatic N) is 2. The maximum absolute atomic E-state index is 5.25. The molecule has 2 aromatic rings. The van der Waals surface area contributed by atoms with Gasteiger partial charge in [-0.25, -0.2) is 0 Å². The van der Waals surface area contributed by atoms with E-state index in [1.165, 1.54) is 0 Å². The van der Waals surface area contributed by atoms with Gasteiger partial charge in [-0.1, -0.05) is 0 Å². The SMILES string of the molecule is COc1cc(CNc2cnn(C)c2C)cc(OC)c1. The fraction of sp³-hybridized carbons (Fsp3) is 0.357. The van der Waals surface area contributed by atoms with Crippen LogP contribution in [0.3, 0.4) is 0 Å². The molecule has 1 heterocycles. The highest BCUT2D eigenvalue weighted by Gasteiger charge is 2.05. The second kappa shape index (κ2) is 5.65. The van der Waals surface area contributed by atoms with Crippen LogP contribution in [0.1, 0.15) is 11.3 Å². The van der Waals surface area contributed by atoms with Crippen LogP contribution in [0.4, 0.5) is 5.69 Å². The molecule has 0 amide bonds. The van der Waals surface area contributed by atoms with Gasteiger partial charge in [-0.2, -0.15) is 5.10 Å². The third kappa shape index (κ3) is 2.99. The summed E-state index contributed by atoms with van der Waals surface area (Å²) in [5.41, 5.74) is 3.23. The molecular weight excluding hydrogens is 242 g/mol. The lowest BCUT2D eigenvalue weighted by atomic mass is 10.2. The van der Waals surface area contributed by atoms with E-state index in [1.54, 1.807) is 14.2 Å². The molecule has 1 aromatic carbocycles. The van der Waals surface area contributed by atoms with Gasteiger partial charge in [0.05, 0.1) is 31.8 Å². The molecule has 0 spiro atoms. The van der Waals surface area contributed by atoms with Gasteiger partial charge in [-0.3, -0.25) is 4.68 Å². The molecule has 2 rings (SSSR count). The van der Waals surface area contributed by atoms with Crippen molar-refractivity contribution >= 4 is 5.69 Å². The van der Waals surface area contributed by atoms with Gasteiger partial charge in [-0.15, -0.1) is 0 Å². The molecule has 1 N–H and O–H groups in total. The first-order chi connectivity index (χ1) is 9.13. The van der Waals surface area contributed by atoms with Gasteiger partial charge in [0.1, 0.15) is 11.5 Å². The van der Waals surface area contributed by atoms with Crippen molar-refractivity contribution in [2.75, 3.05) is 19.5 Å². The Balaban J connectivity index is 2.12. The van der Waals surface area contributed by atoms with Gasteiger partial charge >= 0.3 is 0 Å². The Labute approximate surface area is 113 Å².